The number of nitrogens with zero attached hydrogens (tertiary/aromatic N) is 1. The first-order valence-electron chi connectivity index (χ1n) is 10.1. The maximum Gasteiger partial charge on any atom is 0.335 e. The molecule has 0 aromatic heterocycles. The van der Waals surface area contributed by atoms with E-state index < -0.39 is 5.97 Å². The van der Waals surface area contributed by atoms with E-state index in [1.54, 1.807) is 30.3 Å². The molecule has 2 aromatic rings. The highest BCUT2D eigenvalue weighted by Gasteiger charge is 2.19. The van der Waals surface area contributed by atoms with Crippen LogP contribution in [0.3, 0.4) is 0 Å². The van der Waals surface area contributed by atoms with Crippen LogP contribution in [-0.4, -0.2) is 47.3 Å². The summed E-state index contributed by atoms with van der Waals surface area (Å²) in [5, 5.41) is 24.8. The number of hydrogen-bond acceptors (Lipinski definition) is 4. The first-order valence-corrected chi connectivity index (χ1v) is 10.1. The molecule has 7 nitrogen and oxygen atoms in total. The third-order valence-corrected chi connectivity index (χ3v) is 5.54. The molecule has 0 aliphatic carbocycles. The van der Waals surface area contributed by atoms with Crippen molar-refractivity contribution in [2.24, 2.45) is 11.7 Å². The number of carboxylic acid groups (broad SMARTS) is 1. The van der Waals surface area contributed by atoms with E-state index in [9.17, 15) is 9.90 Å². The Morgan fingerprint density at radius 2 is 1.83 bits per heavy atom. The largest absolute Gasteiger partial charge is 0.494 e. The summed E-state index contributed by atoms with van der Waals surface area (Å²) in [6.45, 7) is 4.16. The van der Waals surface area contributed by atoms with Crippen molar-refractivity contribution in [3.05, 3.63) is 53.6 Å². The average molecular weight is 409 g/mol. The Morgan fingerprint density at radius 3 is 2.47 bits per heavy atom. The molecule has 1 fully saturated rings. The summed E-state index contributed by atoms with van der Waals surface area (Å²) in [5.41, 5.74) is 7.82. The summed E-state index contributed by atoms with van der Waals surface area (Å²) < 4.78 is 5.93. The van der Waals surface area contributed by atoms with Gasteiger partial charge in [0.05, 0.1) is 18.0 Å². The zero-order valence-corrected chi connectivity index (χ0v) is 17.1. The van der Waals surface area contributed by atoms with Crippen molar-refractivity contribution in [2.45, 2.75) is 26.2 Å². The van der Waals surface area contributed by atoms with Gasteiger partial charge >= 0.3 is 5.97 Å². The van der Waals surface area contributed by atoms with Crippen LogP contribution in [0, 0.1) is 16.7 Å². The van der Waals surface area contributed by atoms with Crippen molar-refractivity contribution < 1.29 is 14.6 Å². The van der Waals surface area contributed by atoms with Gasteiger partial charge in [0.2, 0.25) is 0 Å². The lowest BCUT2D eigenvalue weighted by Crippen LogP contribution is -2.36. The third kappa shape index (κ3) is 5.37. The van der Waals surface area contributed by atoms with E-state index in [0.717, 1.165) is 37.9 Å². The highest BCUT2D eigenvalue weighted by molar-refractivity contribution is 5.96. The number of nitrogens with one attached hydrogen (secondary N) is 2. The van der Waals surface area contributed by atoms with E-state index in [1.165, 1.54) is 0 Å². The maximum absolute atomic E-state index is 11.6. The van der Waals surface area contributed by atoms with Gasteiger partial charge in [-0.2, -0.15) is 0 Å². The Bertz CT molecular complexity index is 949. The number of aromatic carboxylic acids is 1. The molecule has 1 heterocycles. The van der Waals surface area contributed by atoms with Gasteiger partial charge in [-0.25, -0.2) is 4.79 Å². The van der Waals surface area contributed by atoms with Crippen molar-refractivity contribution in [3.63, 3.8) is 0 Å². The summed E-state index contributed by atoms with van der Waals surface area (Å²) in [6.07, 6.45) is 2.98. The van der Waals surface area contributed by atoms with Gasteiger partial charge < -0.3 is 20.5 Å². The van der Waals surface area contributed by atoms with E-state index in [2.05, 4.69) is 4.90 Å². The van der Waals surface area contributed by atoms with Crippen molar-refractivity contribution in [1.29, 1.82) is 10.8 Å². The molecule has 1 aliphatic rings. The molecule has 2 aromatic carbocycles. The van der Waals surface area contributed by atoms with Crippen LogP contribution in [0.5, 0.6) is 5.75 Å². The molecule has 0 spiro atoms. The second kappa shape index (κ2) is 9.43. The summed E-state index contributed by atoms with van der Waals surface area (Å²) in [5.74, 6) is 0.642. The van der Waals surface area contributed by atoms with E-state index in [4.69, 9.17) is 21.3 Å². The normalized spacial score (nSPS) is 14.4. The molecule has 1 aliphatic heterocycles. The molecule has 5 N–H and O–H groups in total. The van der Waals surface area contributed by atoms with Crippen LogP contribution < -0.4 is 10.5 Å². The number of carbonyl (C=O) groups is 1. The van der Waals surface area contributed by atoms with Gasteiger partial charge in [0.15, 0.2) is 0 Å². The molecule has 0 radical (unpaired) electrons. The van der Waals surface area contributed by atoms with Gasteiger partial charge in [-0.15, -0.1) is 0 Å². The Balaban J connectivity index is 1.69. The second-order valence-corrected chi connectivity index (χ2v) is 7.70. The van der Waals surface area contributed by atoms with Crippen LogP contribution in [0.1, 0.15) is 42.1 Å². The quantitative estimate of drug-likeness (QED) is 0.410. The Morgan fingerprint density at radius 1 is 1.13 bits per heavy atom. The summed E-state index contributed by atoms with van der Waals surface area (Å²) in [7, 11) is 0. The second-order valence-electron chi connectivity index (χ2n) is 7.70. The Kier molecular flexibility index (Phi) is 6.72. The summed E-state index contributed by atoms with van der Waals surface area (Å²) in [6, 6.07) is 12.1. The Hall–Kier alpha value is -3.35. The lowest BCUT2D eigenvalue weighted by Gasteiger charge is -2.32. The predicted octanol–water partition coefficient (Wildman–Crippen LogP) is 3.81. The molecule has 7 heteroatoms. The molecule has 0 saturated carbocycles. The van der Waals surface area contributed by atoms with Crippen LogP contribution in [0.25, 0.3) is 11.1 Å². The molecule has 1 saturated heterocycles. The molecule has 30 heavy (non-hydrogen) atoms. The number of amidine groups is 2. The highest BCUT2D eigenvalue weighted by atomic mass is 16.5. The van der Waals surface area contributed by atoms with Crippen LogP contribution in [0.2, 0.25) is 0 Å². The van der Waals surface area contributed by atoms with E-state index >= 15 is 0 Å². The fourth-order valence-electron chi connectivity index (χ4n) is 3.74. The topological polar surface area (TPSA) is 123 Å². The molecule has 158 valence electrons. The van der Waals surface area contributed by atoms with E-state index in [1.807, 2.05) is 19.1 Å². The molecule has 0 atom stereocenters. The zero-order valence-electron chi connectivity index (χ0n) is 17.1. The van der Waals surface area contributed by atoms with Crippen molar-refractivity contribution in [3.8, 4) is 16.9 Å². The van der Waals surface area contributed by atoms with E-state index in [0.29, 0.717) is 35.2 Å². The molecule has 0 amide bonds. The summed E-state index contributed by atoms with van der Waals surface area (Å²) >= 11 is 0. The number of likely N-dealkylation sites (tertiary alicyclic amines) is 1. The molecule has 0 bridgehead atoms. The summed E-state index contributed by atoms with van der Waals surface area (Å²) in [4.78, 5) is 13.7. The van der Waals surface area contributed by atoms with Gasteiger partial charge in [0.1, 0.15) is 11.6 Å². The van der Waals surface area contributed by atoms with Crippen LogP contribution in [0.4, 0.5) is 0 Å². The standard InChI is InChI=1S/C23H28N4O3/c1-15(24)27-8-5-16(6-9-27)7-10-30-21-13-19(12-20(14-21)23(28)29)17-3-2-4-18(11-17)22(25)26/h2-4,11-14,16,24H,5-10H2,1H3,(H3,25,26)(H,28,29). The van der Waals surface area contributed by atoms with Gasteiger partial charge in [0, 0.05) is 18.7 Å². The van der Waals surface area contributed by atoms with E-state index in [-0.39, 0.29) is 11.4 Å². The lowest BCUT2D eigenvalue weighted by atomic mass is 9.94. The fourth-order valence-corrected chi connectivity index (χ4v) is 3.74. The molecular formula is C23H28N4O3. The predicted molar refractivity (Wildman–Crippen MR) is 118 cm³/mol. The fraction of sp³-hybridized carbons (Fsp3) is 0.348. The number of hydrogen-bond donors (Lipinski definition) is 4. The molecule has 0 unspecified atom stereocenters. The van der Waals surface area contributed by atoms with Gasteiger partial charge in [-0.1, -0.05) is 18.2 Å². The van der Waals surface area contributed by atoms with Gasteiger partial charge in [-0.3, -0.25) is 10.8 Å². The van der Waals surface area contributed by atoms with Crippen molar-refractivity contribution >= 4 is 17.6 Å². The van der Waals surface area contributed by atoms with Crippen LogP contribution in [-0.2, 0) is 0 Å². The van der Waals surface area contributed by atoms with Gasteiger partial charge in [-0.05, 0) is 67.5 Å². The molecule has 3 rings (SSSR count). The minimum absolute atomic E-state index is 0.0352. The number of nitrogens with two attached hydrogens (primary N) is 1. The number of ether oxygens (including phenoxy) is 1. The van der Waals surface area contributed by atoms with Crippen LogP contribution in [0.15, 0.2) is 42.5 Å². The minimum Gasteiger partial charge on any atom is -0.494 e. The average Bonchev–Trinajstić information content (AvgIpc) is 2.74. The number of piperidine rings is 1. The van der Waals surface area contributed by atoms with Gasteiger partial charge in [0.25, 0.3) is 0 Å². The number of rotatable bonds is 7. The third-order valence-electron chi connectivity index (χ3n) is 5.54. The number of benzene rings is 2. The zero-order chi connectivity index (χ0) is 21.7. The minimum atomic E-state index is -1.01. The first kappa shape index (κ1) is 21.4. The molecular weight excluding hydrogens is 380 g/mol. The number of nitrogen functional groups attached to an aromatic ring is 1. The monoisotopic (exact) mass is 408 g/mol. The highest BCUT2D eigenvalue weighted by Crippen LogP contribution is 2.28. The SMILES string of the molecule is CC(=N)N1CCC(CCOc2cc(C(=O)O)cc(-c3cccc(C(=N)N)c3)c2)CC1. The maximum atomic E-state index is 11.6. The van der Waals surface area contributed by atoms with Crippen LogP contribution >= 0.6 is 0 Å². The first-order chi connectivity index (χ1) is 14.3. The lowest BCUT2D eigenvalue weighted by molar-refractivity contribution is 0.0696. The smallest absolute Gasteiger partial charge is 0.335 e. The van der Waals surface area contributed by atoms with Crippen molar-refractivity contribution in [1.82, 2.24) is 4.90 Å². The number of carboxylic acids is 1. The van der Waals surface area contributed by atoms with Crippen molar-refractivity contribution in [2.75, 3.05) is 19.7 Å². The Labute approximate surface area is 176 Å².